The number of halogens is 5. The smallest absolute Gasteiger partial charge is 0.355 e. The van der Waals surface area contributed by atoms with E-state index in [-0.39, 0.29) is 28.5 Å². The van der Waals surface area contributed by atoms with Crippen LogP contribution in [0.3, 0.4) is 0 Å². The number of benzene rings is 2. The molecule has 0 unspecified atom stereocenters. The van der Waals surface area contributed by atoms with Gasteiger partial charge in [-0.3, -0.25) is 9.59 Å². The second kappa shape index (κ2) is 10.4. The Morgan fingerprint density at radius 3 is 2.51 bits per heavy atom. The van der Waals surface area contributed by atoms with Crippen molar-refractivity contribution in [1.82, 2.24) is 30.5 Å². The summed E-state index contributed by atoms with van der Waals surface area (Å²) in [4.78, 5) is 31.3. The van der Waals surface area contributed by atoms with Crippen molar-refractivity contribution in [2.45, 2.75) is 19.6 Å². The molecule has 2 heterocycles. The number of hydrogen-bond acceptors (Lipinski definition) is 7. The molecule has 0 aliphatic heterocycles. The van der Waals surface area contributed by atoms with Crippen molar-refractivity contribution in [1.29, 1.82) is 0 Å². The first-order valence-corrected chi connectivity index (χ1v) is 12.0. The molecule has 2 N–H and O–H groups in total. The van der Waals surface area contributed by atoms with Gasteiger partial charge in [-0.15, -0.1) is 21.5 Å². The monoisotopic (exact) mass is 569 g/mol. The van der Waals surface area contributed by atoms with E-state index >= 15 is 0 Å². The summed E-state index contributed by atoms with van der Waals surface area (Å²) in [7, 11) is 1.44. The summed E-state index contributed by atoms with van der Waals surface area (Å²) in [6.07, 6.45) is -4.76. The Hall–Kier alpha value is -3.55. The lowest BCUT2D eigenvalue weighted by Gasteiger charge is -2.14. The standard InChI is InChI=1S/C22H16Cl2F3N7O2S/c1-10-7-11(23)8-13(19(35)28-2)16(10)30-20(36)17-18(12-5-3-4-6-14(12)24)37-15(29-17)9-34-32-21(31-33-34)22(25,26)27/h3-8H,9H2,1-2H3,(H,28,35)(H,30,36). The Kier molecular flexibility index (Phi) is 7.48. The number of aromatic nitrogens is 5. The van der Waals surface area contributed by atoms with Crippen LogP contribution in [0.4, 0.5) is 18.9 Å². The van der Waals surface area contributed by atoms with E-state index in [1.165, 1.54) is 13.1 Å². The average Bonchev–Trinajstić information content (AvgIpc) is 3.48. The number of amides is 2. The van der Waals surface area contributed by atoms with E-state index in [1.54, 1.807) is 37.3 Å². The summed E-state index contributed by atoms with van der Waals surface area (Å²) in [5, 5.41) is 15.8. The molecule has 0 fully saturated rings. The molecule has 192 valence electrons. The highest BCUT2D eigenvalue weighted by atomic mass is 35.5. The van der Waals surface area contributed by atoms with Gasteiger partial charge < -0.3 is 10.6 Å². The van der Waals surface area contributed by atoms with Crippen LogP contribution in [0.25, 0.3) is 10.4 Å². The van der Waals surface area contributed by atoms with E-state index in [2.05, 4.69) is 31.0 Å². The van der Waals surface area contributed by atoms with Crippen LogP contribution in [-0.4, -0.2) is 44.1 Å². The first kappa shape index (κ1) is 26.5. The highest BCUT2D eigenvalue weighted by molar-refractivity contribution is 7.15. The van der Waals surface area contributed by atoms with Gasteiger partial charge in [-0.2, -0.15) is 18.0 Å². The normalized spacial score (nSPS) is 11.4. The topological polar surface area (TPSA) is 115 Å². The number of thiazole rings is 1. The molecule has 15 heteroatoms. The summed E-state index contributed by atoms with van der Waals surface area (Å²) in [6.45, 7) is 1.39. The van der Waals surface area contributed by atoms with Gasteiger partial charge in [-0.05, 0) is 35.9 Å². The third-order valence-corrected chi connectivity index (χ3v) is 6.62. The zero-order valence-electron chi connectivity index (χ0n) is 19.0. The maximum atomic E-state index is 13.4. The number of hydrogen-bond donors (Lipinski definition) is 2. The molecule has 9 nitrogen and oxygen atoms in total. The number of carbonyl (C=O) groups is 2. The second-order valence-electron chi connectivity index (χ2n) is 7.58. The summed E-state index contributed by atoms with van der Waals surface area (Å²) in [6, 6.07) is 9.72. The quantitative estimate of drug-likeness (QED) is 0.334. The second-order valence-corrected chi connectivity index (χ2v) is 9.51. The number of nitrogens with one attached hydrogen (secondary N) is 2. The SMILES string of the molecule is CNC(=O)c1cc(Cl)cc(C)c1NC(=O)c1nc(Cn2nnc(C(F)(F)F)n2)sc1-c1ccccc1Cl. The molecule has 0 atom stereocenters. The molecule has 0 radical (unpaired) electrons. The van der Waals surface area contributed by atoms with Crippen LogP contribution in [0.15, 0.2) is 36.4 Å². The molecule has 0 saturated carbocycles. The third-order valence-electron chi connectivity index (χ3n) is 5.00. The van der Waals surface area contributed by atoms with Crippen LogP contribution >= 0.6 is 34.5 Å². The van der Waals surface area contributed by atoms with Gasteiger partial charge in [0.2, 0.25) is 0 Å². The van der Waals surface area contributed by atoms with Crippen molar-refractivity contribution in [2.75, 3.05) is 12.4 Å². The molecule has 2 aromatic carbocycles. The zero-order valence-corrected chi connectivity index (χ0v) is 21.4. The molecule has 4 rings (SSSR count). The molecule has 2 amide bonds. The molecule has 37 heavy (non-hydrogen) atoms. The van der Waals surface area contributed by atoms with E-state index in [9.17, 15) is 22.8 Å². The van der Waals surface area contributed by atoms with Gasteiger partial charge in [0.1, 0.15) is 17.2 Å². The molecule has 0 aliphatic carbocycles. The van der Waals surface area contributed by atoms with E-state index in [1.807, 2.05) is 0 Å². The molecule has 0 aliphatic rings. The zero-order chi connectivity index (χ0) is 26.9. The fourth-order valence-corrected chi connectivity index (χ4v) is 4.99. The largest absolute Gasteiger partial charge is 0.455 e. The van der Waals surface area contributed by atoms with Crippen molar-refractivity contribution in [2.24, 2.45) is 0 Å². The van der Waals surface area contributed by atoms with Crippen LogP contribution in [0.2, 0.25) is 10.0 Å². The molecule has 2 aromatic heterocycles. The minimum atomic E-state index is -4.76. The number of nitrogens with zero attached hydrogens (tertiary/aromatic N) is 5. The third kappa shape index (κ3) is 5.73. The van der Waals surface area contributed by atoms with Gasteiger partial charge in [0, 0.05) is 22.7 Å². The molecular weight excluding hydrogens is 554 g/mol. The van der Waals surface area contributed by atoms with E-state index in [0.717, 1.165) is 16.1 Å². The number of alkyl halides is 3. The first-order valence-electron chi connectivity index (χ1n) is 10.4. The van der Waals surface area contributed by atoms with E-state index in [4.69, 9.17) is 23.2 Å². The van der Waals surface area contributed by atoms with E-state index in [0.29, 0.717) is 26.0 Å². The summed E-state index contributed by atoms with van der Waals surface area (Å²) < 4.78 is 38.6. The van der Waals surface area contributed by atoms with E-state index < -0.39 is 23.8 Å². The van der Waals surface area contributed by atoms with Crippen molar-refractivity contribution >= 4 is 52.0 Å². The Morgan fingerprint density at radius 1 is 1.14 bits per heavy atom. The van der Waals surface area contributed by atoms with Crippen molar-refractivity contribution in [3.8, 4) is 10.4 Å². The van der Waals surface area contributed by atoms with Crippen LogP contribution in [0.5, 0.6) is 0 Å². The van der Waals surface area contributed by atoms with Gasteiger partial charge in [-0.1, -0.05) is 41.4 Å². The minimum absolute atomic E-state index is 0.0542. The lowest BCUT2D eigenvalue weighted by molar-refractivity contribution is -0.145. The molecule has 0 saturated heterocycles. The Morgan fingerprint density at radius 2 is 1.86 bits per heavy atom. The van der Waals surface area contributed by atoms with Crippen molar-refractivity contribution < 1.29 is 22.8 Å². The average molecular weight is 570 g/mol. The van der Waals surface area contributed by atoms with Gasteiger partial charge in [0.05, 0.1) is 16.1 Å². The Labute approximate surface area is 221 Å². The minimum Gasteiger partial charge on any atom is -0.355 e. The molecular formula is C22H16Cl2F3N7O2S. The fourth-order valence-electron chi connectivity index (χ4n) is 3.35. The maximum Gasteiger partial charge on any atom is 0.455 e. The van der Waals surface area contributed by atoms with Gasteiger partial charge >= 0.3 is 6.18 Å². The van der Waals surface area contributed by atoms with Crippen LogP contribution < -0.4 is 10.6 Å². The highest BCUT2D eigenvalue weighted by Crippen LogP contribution is 2.36. The van der Waals surface area contributed by atoms with Crippen molar-refractivity contribution in [3.05, 3.63) is 74.1 Å². The van der Waals surface area contributed by atoms with Crippen LogP contribution in [0, 0.1) is 6.92 Å². The lowest BCUT2D eigenvalue weighted by Crippen LogP contribution is -2.22. The number of anilines is 1. The van der Waals surface area contributed by atoms with Crippen molar-refractivity contribution in [3.63, 3.8) is 0 Å². The highest BCUT2D eigenvalue weighted by Gasteiger charge is 2.37. The number of aryl methyl sites for hydroxylation is 1. The lowest BCUT2D eigenvalue weighted by atomic mass is 10.1. The predicted molar refractivity (Wildman–Crippen MR) is 132 cm³/mol. The molecule has 4 aromatic rings. The van der Waals surface area contributed by atoms with Gasteiger partial charge in [-0.25, -0.2) is 4.98 Å². The Bertz CT molecular complexity index is 1500. The number of rotatable bonds is 6. The molecule has 0 spiro atoms. The summed E-state index contributed by atoms with van der Waals surface area (Å²) >= 11 is 13.5. The predicted octanol–water partition coefficient (Wildman–Crippen LogP) is 5.09. The maximum absolute atomic E-state index is 13.4. The number of tetrazole rings is 1. The fraction of sp³-hybridized carbons (Fsp3) is 0.182. The van der Waals surface area contributed by atoms with Crippen LogP contribution in [-0.2, 0) is 12.7 Å². The first-order chi connectivity index (χ1) is 17.5. The van der Waals surface area contributed by atoms with Gasteiger partial charge in [0.25, 0.3) is 17.6 Å². The summed E-state index contributed by atoms with van der Waals surface area (Å²) in [5.74, 6) is -2.53. The molecule has 0 bridgehead atoms. The Balaban J connectivity index is 1.75. The number of carbonyl (C=O) groups excluding carboxylic acids is 2. The van der Waals surface area contributed by atoms with Gasteiger partial charge in [0.15, 0.2) is 0 Å². The summed E-state index contributed by atoms with van der Waals surface area (Å²) in [5.41, 5.74) is 1.32. The van der Waals surface area contributed by atoms with Crippen LogP contribution in [0.1, 0.15) is 37.2 Å².